The van der Waals surface area contributed by atoms with Crippen molar-refractivity contribution in [2.75, 3.05) is 19.8 Å². The van der Waals surface area contributed by atoms with Crippen LogP contribution in [0, 0.1) is 11.8 Å². The lowest BCUT2D eigenvalue weighted by atomic mass is 9.97. The van der Waals surface area contributed by atoms with Crippen molar-refractivity contribution in [2.24, 2.45) is 11.8 Å². The molecule has 2 atom stereocenters. The van der Waals surface area contributed by atoms with Gasteiger partial charge in [-0.05, 0) is 42.9 Å². The Hall–Kier alpha value is -1.59. The fourth-order valence-corrected chi connectivity index (χ4v) is 2.90. The van der Waals surface area contributed by atoms with Crippen molar-refractivity contribution in [3.05, 3.63) is 29.8 Å². The van der Waals surface area contributed by atoms with Gasteiger partial charge in [-0.2, -0.15) is 0 Å². The molecule has 0 bridgehead atoms. The molecule has 5 nitrogen and oxygen atoms in total. The van der Waals surface area contributed by atoms with E-state index in [9.17, 15) is 9.90 Å². The molecule has 0 amide bonds. The van der Waals surface area contributed by atoms with Crippen molar-refractivity contribution < 1.29 is 19.4 Å². The Bertz CT molecular complexity index is 495. The van der Waals surface area contributed by atoms with Crippen molar-refractivity contribution in [2.45, 2.75) is 45.8 Å². The highest BCUT2D eigenvalue weighted by Crippen LogP contribution is 2.17. The molecular formula is C19H29NO4. The number of carbonyl (C=O) groups is 1. The second kappa shape index (κ2) is 9.64. The minimum Gasteiger partial charge on any atom is -0.491 e. The second-order valence-corrected chi connectivity index (χ2v) is 6.89. The SMILES string of the molecule is CC(C)CC(CNCc1ccc(OCC2CCCO2)cc1)C(=O)O. The quantitative estimate of drug-likeness (QED) is 0.688. The summed E-state index contributed by atoms with van der Waals surface area (Å²) in [4.78, 5) is 11.2. The number of hydrogen-bond donors (Lipinski definition) is 2. The maximum Gasteiger partial charge on any atom is 0.307 e. The number of hydrogen-bond acceptors (Lipinski definition) is 4. The molecule has 1 aliphatic heterocycles. The highest BCUT2D eigenvalue weighted by molar-refractivity contribution is 5.70. The molecule has 0 radical (unpaired) electrons. The van der Waals surface area contributed by atoms with Crippen LogP contribution in [-0.4, -0.2) is 36.9 Å². The van der Waals surface area contributed by atoms with Gasteiger partial charge in [-0.3, -0.25) is 4.79 Å². The van der Waals surface area contributed by atoms with E-state index in [1.54, 1.807) is 0 Å². The first-order valence-electron chi connectivity index (χ1n) is 8.81. The van der Waals surface area contributed by atoms with Gasteiger partial charge in [0.1, 0.15) is 12.4 Å². The van der Waals surface area contributed by atoms with Crippen molar-refractivity contribution in [1.29, 1.82) is 0 Å². The number of aliphatic carboxylic acids is 1. The van der Waals surface area contributed by atoms with E-state index in [2.05, 4.69) is 5.32 Å². The molecule has 2 rings (SSSR count). The van der Waals surface area contributed by atoms with Gasteiger partial charge in [0, 0.05) is 19.7 Å². The topological polar surface area (TPSA) is 67.8 Å². The van der Waals surface area contributed by atoms with Gasteiger partial charge < -0.3 is 19.9 Å². The summed E-state index contributed by atoms with van der Waals surface area (Å²) in [5.74, 6) is 0.166. The zero-order valence-corrected chi connectivity index (χ0v) is 14.7. The molecule has 1 heterocycles. The minimum absolute atomic E-state index is 0.222. The number of rotatable bonds is 10. The molecule has 0 aromatic heterocycles. The third kappa shape index (κ3) is 6.49. The van der Waals surface area contributed by atoms with Crippen LogP contribution < -0.4 is 10.1 Å². The summed E-state index contributed by atoms with van der Waals surface area (Å²) in [6, 6.07) is 7.93. The molecular weight excluding hydrogens is 306 g/mol. The molecule has 134 valence electrons. The average molecular weight is 335 g/mol. The van der Waals surface area contributed by atoms with Crippen molar-refractivity contribution >= 4 is 5.97 Å². The van der Waals surface area contributed by atoms with E-state index in [0.717, 1.165) is 30.8 Å². The maximum absolute atomic E-state index is 11.2. The van der Waals surface area contributed by atoms with Crippen LogP contribution in [0.1, 0.15) is 38.7 Å². The Morgan fingerprint density at radius 2 is 2.12 bits per heavy atom. The largest absolute Gasteiger partial charge is 0.491 e. The van der Waals surface area contributed by atoms with Crippen LogP contribution in [0.3, 0.4) is 0 Å². The fraction of sp³-hybridized carbons (Fsp3) is 0.632. The predicted molar refractivity (Wildman–Crippen MR) is 93.2 cm³/mol. The van der Waals surface area contributed by atoms with E-state index in [1.807, 2.05) is 38.1 Å². The van der Waals surface area contributed by atoms with Gasteiger partial charge >= 0.3 is 5.97 Å². The van der Waals surface area contributed by atoms with Crippen LogP contribution in [0.25, 0.3) is 0 Å². The molecule has 0 aliphatic carbocycles. The first-order valence-corrected chi connectivity index (χ1v) is 8.81. The lowest BCUT2D eigenvalue weighted by molar-refractivity contribution is -0.142. The molecule has 2 unspecified atom stereocenters. The molecule has 24 heavy (non-hydrogen) atoms. The smallest absolute Gasteiger partial charge is 0.307 e. The Labute approximate surface area is 144 Å². The summed E-state index contributed by atoms with van der Waals surface area (Å²) in [6.07, 6.45) is 3.11. The molecule has 0 spiro atoms. The first kappa shape index (κ1) is 18.7. The van der Waals surface area contributed by atoms with Crippen molar-refractivity contribution in [3.8, 4) is 5.75 Å². The Morgan fingerprint density at radius 1 is 1.38 bits per heavy atom. The molecule has 1 saturated heterocycles. The molecule has 1 aromatic carbocycles. The highest BCUT2D eigenvalue weighted by Gasteiger charge is 2.18. The van der Waals surface area contributed by atoms with Gasteiger partial charge in [-0.1, -0.05) is 26.0 Å². The normalized spacial score (nSPS) is 18.7. The van der Waals surface area contributed by atoms with Gasteiger partial charge in [-0.15, -0.1) is 0 Å². The van der Waals surface area contributed by atoms with Gasteiger partial charge in [0.25, 0.3) is 0 Å². The monoisotopic (exact) mass is 335 g/mol. The van der Waals surface area contributed by atoms with Gasteiger partial charge in [0.2, 0.25) is 0 Å². The Morgan fingerprint density at radius 3 is 2.71 bits per heavy atom. The molecule has 1 fully saturated rings. The van der Waals surface area contributed by atoms with Crippen LogP contribution in [-0.2, 0) is 16.1 Å². The number of benzene rings is 1. The van der Waals surface area contributed by atoms with E-state index >= 15 is 0 Å². The lowest BCUT2D eigenvalue weighted by Gasteiger charge is -2.15. The summed E-state index contributed by atoms with van der Waals surface area (Å²) < 4.78 is 11.3. The van der Waals surface area contributed by atoms with Crippen LogP contribution in [0.15, 0.2) is 24.3 Å². The summed E-state index contributed by atoms with van der Waals surface area (Å²) in [6.45, 7) is 6.69. The van der Waals surface area contributed by atoms with Crippen molar-refractivity contribution in [3.63, 3.8) is 0 Å². The summed E-state index contributed by atoms with van der Waals surface area (Å²) >= 11 is 0. The predicted octanol–water partition coefficient (Wildman–Crippen LogP) is 3.08. The number of carboxylic acid groups (broad SMARTS) is 1. The third-order valence-electron chi connectivity index (χ3n) is 4.21. The van der Waals surface area contributed by atoms with E-state index in [4.69, 9.17) is 9.47 Å². The first-order chi connectivity index (χ1) is 11.5. The standard InChI is InChI=1S/C19H29NO4/c1-14(2)10-16(19(21)22)12-20-11-15-5-7-17(8-6-15)24-13-18-4-3-9-23-18/h5-8,14,16,18,20H,3-4,9-13H2,1-2H3,(H,21,22). The van der Waals surface area contributed by atoms with E-state index in [0.29, 0.717) is 32.0 Å². The fourth-order valence-electron chi connectivity index (χ4n) is 2.90. The number of nitrogens with one attached hydrogen (secondary N) is 1. The third-order valence-corrected chi connectivity index (χ3v) is 4.21. The average Bonchev–Trinajstić information content (AvgIpc) is 3.06. The Balaban J connectivity index is 1.71. The van der Waals surface area contributed by atoms with Crippen LogP contribution in [0.5, 0.6) is 5.75 Å². The van der Waals surface area contributed by atoms with E-state index < -0.39 is 5.97 Å². The zero-order chi connectivity index (χ0) is 17.4. The molecule has 2 N–H and O–H groups in total. The van der Waals surface area contributed by atoms with Crippen LogP contribution >= 0.6 is 0 Å². The zero-order valence-electron chi connectivity index (χ0n) is 14.7. The van der Waals surface area contributed by atoms with Gasteiger partial charge in [-0.25, -0.2) is 0 Å². The van der Waals surface area contributed by atoms with Crippen molar-refractivity contribution in [1.82, 2.24) is 5.32 Å². The van der Waals surface area contributed by atoms with Crippen LogP contribution in [0.4, 0.5) is 0 Å². The summed E-state index contributed by atoms with van der Waals surface area (Å²) in [7, 11) is 0. The molecule has 0 saturated carbocycles. The Kier molecular flexibility index (Phi) is 7.53. The minimum atomic E-state index is -0.728. The molecule has 1 aliphatic rings. The van der Waals surface area contributed by atoms with E-state index in [1.165, 1.54) is 0 Å². The van der Waals surface area contributed by atoms with Crippen LogP contribution in [0.2, 0.25) is 0 Å². The lowest BCUT2D eigenvalue weighted by Crippen LogP contribution is -2.29. The maximum atomic E-state index is 11.2. The molecule has 1 aromatic rings. The van der Waals surface area contributed by atoms with Gasteiger partial charge in [0.05, 0.1) is 12.0 Å². The second-order valence-electron chi connectivity index (χ2n) is 6.89. The highest BCUT2D eigenvalue weighted by atomic mass is 16.5. The molecule has 5 heteroatoms. The van der Waals surface area contributed by atoms with E-state index in [-0.39, 0.29) is 12.0 Å². The number of carboxylic acids is 1. The summed E-state index contributed by atoms with van der Waals surface area (Å²) in [5, 5.41) is 12.5. The van der Waals surface area contributed by atoms with Gasteiger partial charge in [0.15, 0.2) is 0 Å². The summed E-state index contributed by atoms with van der Waals surface area (Å²) in [5.41, 5.74) is 1.12. The number of ether oxygens (including phenoxy) is 2.